The van der Waals surface area contributed by atoms with Gasteiger partial charge in [0.15, 0.2) is 6.10 Å². The molecule has 106 valence electrons. The van der Waals surface area contributed by atoms with Gasteiger partial charge in [-0.3, -0.25) is 4.79 Å². The minimum absolute atomic E-state index is 0.250. The second-order valence-electron chi connectivity index (χ2n) is 4.40. The summed E-state index contributed by atoms with van der Waals surface area (Å²) in [6.07, 6.45) is -0.664. The van der Waals surface area contributed by atoms with Crippen molar-refractivity contribution in [2.45, 2.75) is 13.0 Å². The van der Waals surface area contributed by atoms with Crippen LogP contribution in [0.4, 0.5) is 5.69 Å². The Labute approximate surface area is 131 Å². The van der Waals surface area contributed by atoms with Crippen molar-refractivity contribution in [3.8, 4) is 11.8 Å². The molecule has 0 aliphatic rings. The number of carbonyl (C=O) groups is 1. The molecular weight excluding hydrogens is 332 g/mol. The Morgan fingerprint density at radius 3 is 2.67 bits per heavy atom. The van der Waals surface area contributed by atoms with Crippen molar-refractivity contribution in [2.24, 2.45) is 0 Å². The summed E-state index contributed by atoms with van der Waals surface area (Å²) < 4.78 is 6.48. The first-order valence-electron chi connectivity index (χ1n) is 6.32. The molecule has 1 N–H and O–H groups in total. The van der Waals surface area contributed by atoms with Gasteiger partial charge in [-0.1, -0.05) is 22.0 Å². The SMILES string of the molecule is CC(Oc1cccc(C#N)c1)C(=O)Nc1ccc(Br)cc1. The van der Waals surface area contributed by atoms with Crippen molar-refractivity contribution in [1.29, 1.82) is 5.26 Å². The second kappa shape index (κ2) is 6.91. The van der Waals surface area contributed by atoms with Crippen LogP contribution in [0.1, 0.15) is 12.5 Å². The quantitative estimate of drug-likeness (QED) is 0.919. The van der Waals surface area contributed by atoms with Gasteiger partial charge < -0.3 is 10.1 Å². The van der Waals surface area contributed by atoms with E-state index in [0.717, 1.165) is 4.47 Å². The van der Waals surface area contributed by atoms with E-state index in [9.17, 15) is 4.79 Å². The number of nitrogens with zero attached hydrogens (tertiary/aromatic N) is 1. The maximum Gasteiger partial charge on any atom is 0.265 e. The van der Waals surface area contributed by atoms with E-state index in [2.05, 4.69) is 21.2 Å². The Morgan fingerprint density at radius 1 is 1.29 bits per heavy atom. The van der Waals surface area contributed by atoms with E-state index in [4.69, 9.17) is 10.00 Å². The molecule has 2 aromatic rings. The molecule has 0 radical (unpaired) electrons. The molecule has 0 heterocycles. The fourth-order valence-electron chi connectivity index (χ4n) is 1.67. The van der Waals surface area contributed by atoms with Gasteiger partial charge in [0, 0.05) is 10.2 Å². The average molecular weight is 345 g/mol. The molecule has 0 bridgehead atoms. The normalized spacial score (nSPS) is 11.3. The number of anilines is 1. The van der Waals surface area contributed by atoms with Crippen molar-refractivity contribution < 1.29 is 9.53 Å². The number of halogens is 1. The van der Waals surface area contributed by atoms with Crippen molar-refractivity contribution >= 4 is 27.5 Å². The number of amides is 1. The lowest BCUT2D eigenvalue weighted by Crippen LogP contribution is -2.30. The van der Waals surface area contributed by atoms with Gasteiger partial charge in [0.25, 0.3) is 5.91 Å². The number of hydrogen-bond acceptors (Lipinski definition) is 3. The maximum absolute atomic E-state index is 12.0. The van der Waals surface area contributed by atoms with Crippen LogP contribution in [0.25, 0.3) is 0 Å². The van der Waals surface area contributed by atoms with E-state index >= 15 is 0 Å². The number of benzene rings is 2. The standard InChI is InChI=1S/C16H13BrN2O2/c1-11(21-15-4-2-3-12(9-15)10-18)16(20)19-14-7-5-13(17)6-8-14/h2-9,11H,1H3,(H,19,20). The van der Waals surface area contributed by atoms with Crippen LogP contribution in [0, 0.1) is 11.3 Å². The Balaban J connectivity index is 1.99. The zero-order chi connectivity index (χ0) is 15.2. The van der Waals surface area contributed by atoms with Gasteiger partial charge in [-0.25, -0.2) is 0 Å². The van der Waals surface area contributed by atoms with E-state index in [1.165, 1.54) is 0 Å². The van der Waals surface area contributed by atoms with Crippen LogP contribution in [0.2, 0.25) is 0 Å². The predicted molar refractivity (Wildman–Crippen MR) is 84.0 cm³/mol. The van der Waals surface area contributed by atoms with Crippen molar-refractivity contribution in [1.82, 2.24) is 0 Å². The molecular formula is C16H13BrN2O2. The van der Waals surface area contributed by atoms with E-state index in [0.29, 0.717) is 17.0 Å². The predicted octanol–water partition coefficient (Wildman–Crippen LogP) is 3.73. The Hall–Kier alpha value is -2.32. The smallest absolute Gasteiger partial charge is 0.265 e. The van der Waals surface area contributed by atoms with Gasteiger partial charge in [0.05, 0.1) is 11.6 Å². The number of hydrogen-bond donors (Lipinski definition) is 1. The van der Waals surface area contributed by atoms with Crippen LogP contribution in [0.5, 0.6) is 5.75 Å². The topological polar surface area (TPSA) is 62.1 Å². The summed E-state index contributed by atoms with van der Waals surface area (Å²) in [4.78, 5) is 12.0. The van der Waals surface area contributed by atoms with Gasteiger partial charge in [-0.05, 0) is 49.4 Å². The van der Waals surface area contributed by atoms with Gasteiger partial charge in [-0.2, -0.15) is 5.26 Å². The molecule has 1 atom stereocenters. The second-order valence-corrected chi connectivity index (χ2v) is 5.31. The first-order valence-corrected chi connectivity index (χ1v) is 7.11. The van der Waals surface area contributed by atoms with Gasteiger partial charge in [0.2, 0.25) is 0 Å². The third kappa shape index (κ3) is 4.33. The molecule has 2 rings (SSSR count). The van der Waals surface area contributed by atoms with Crippen LogP contribution in [-0.2, 0) is 4.79 Å². The van der Waals surface area contributed by atoms with E-state index < -0.39 is 6.10 Å². The molecule has 0 spiro atoms. The van der Waals surface area contributed by atoms with Gasteiger partial charge >= 0.3 is 0 Å². The molecule has 0 saturated heterocycles. The van der Waals surface area contributed by atoms with Crippen LogP contribution >= 0.6 is 15.9 Å². The molecule has 0 fully saturated rings. The highest BCUT2D eigenvalue weighted by molar-refractivity contribution is 9.10. The zero-order valence-corrected chi connectivity index (χ0v) is 12.9. The molecule has 2 aromatic carbocycles. The number of ether oxygens (including phenoxy) is 1. The number of rotatable bonds is 4. The van der Waals surface area contributed by atoms with Crippen molar-refractivity contribution in [2.75, 3.05) is 5.32 Å². The minimum atomic E-state index is -0.664. The van der Waals surface area contributed by atoms with Crippen LogP contribution < -0.4 is 10.1 Å². The highest BCUT2D eigenvalue weighted by Gasteiger charge is 2.15. The summed E-state index contributed by atoms with van der Waals surface area (Å²) in [6, 6.07) is 16.0. The third-order valence-corrected chi connectivity index (χ3v) is 3.29. The molecule has 1 unspecified atom stereocenters. The maximum atomic E-state index is 12.0. The fourth-order valence-corrected chi connectivity index (χ4v) is 1.94. The first kappa shape index (κ1) is 15.1. The van der Waals surface area contributed by atoms with Crippen molar-refractivity contribution in [3.05, 3.63) is 58.6 Å². The van der Waals surface area contributed by atoms with Crippen LogP contribution in [0.15, 0.2) is 53.0 Å². The van der Waals surface area contributed by atoms with Crippen molar-refractivity contribution in [3.63, 3.8) is 0 Å². The average Bonchev–Trinajstić information content (AvgIpc) is 2.49. The van der Waals surface area contributed by atoms with E-state index in [-0.39, 0.29) is 5.91 Å². The molecule has 0 saturated carbocycles. The summed E-state index contributed by atoms with van der Waals surface area (Å²) >= 11 is 3.33. The lowest BCUT2D eigenvalue weighted by atomic mass is 10.2. The highest BCUT2D eigenvalue weighted by Crippen LogP contribution is 2.17. The van der Waals surface area contributed by atoms with Crippen LogP contribution in [-0.4, -0.2) is 12.0 Å². The summed E-state index contributed by atoms with van der Waals surface area (Å²) in [5.74, 6) is 0.243. The molecule has 0 aliphatic heterocycles. The first-order chi connectivity index (χ1) is 10.1. The monoisotopic (exact) mass is 344 g/mol. The summed E-state index contributed by atoms with van der Waals surface area (Å²) in [5, 5.41) is 11.6. The van der Waals surface area contributed by atoms with E-state index in [1.54, 1.807) is 43.3 Å². The lowest BCUT2D eigenvalue weighted by Gasteiger charge is -2.15. The molecule has 21 heavy (non-hydrogen) atoms. The lowest BCUT2D eigenvalue weighted by molar-refractivity contribution is -0.122. The number of nitrogens with one attached hydrogen (secondary N) is 1. The van der Waals surface area contributed by atoms with Crippen LogP contribution in [0.3, 0.4) is 0 Å². The summed E-state index contributed by atoms with van der Waals surface area (Å²) in [5.41, 5.74) is 1.19. The van der Waals surface area contributed by atoms with Gasteiger partial charge in [0.1, 0.15) is 5.75 Å². The van der Waals surface area contributed by atoms with Gasteiger partial charge in [-0.15, -0.1) is 0 Å². The zero-order valence-electron chi connectivity index (χ0n) is 11.3. The Morgan fingerprint density at radius 2 is 2.00 bits per heavy atom. The Kier molecular flexibility index (Phi) is 4.96. The van der Waals surface area contributed by atoms with E-state index in [1.807, 2.05) is 18.2 Å². The minimum Gasteiger partial charge on any atom is -0.481 e. The third-order valence-electron chi connectivity index (χ3n) is 2.76. The summed E-state index contributed by atoms with van der Waals surface area (Å²) in [7, 11) is 0. The molecule has 0 aromatic heterocycles. The molecule has 0 aliphatic carbocycles. The number of nitriles is 1. The molecule has 5 heteroatoms. The number of carbonyl (C=O) groups excluding carboxylic acids is 1. The summed E-state index contributed by atoms with van der Waals surface area (Å²) in [6.45, 7) is 1.66. The fraction of sp³-hybridized carbons (Fsp3) is 0.125. The molecule has 4 nitrogen and oxygen atoms in total. The molecule has 1 amide bonds. The highest BCUT2D eigenvalue weighted by atomic mass is 79.9. The Bertz CT molecular complexity index is 677. The largest absolute Gasteiger partial charge is 0.481 e.